The molecule has 3 aromatic rings. The van der Waals surface area contributed by atoms with E-state index in [0.29, 0.717) is 36.4 Å². The Balaban J connectivity index is 1.46. The number of amides is 1. The number of sulfonamides is 1. The minimum absolute atomic E-state index is 0.0250. The van der Waals surface area contributed by atoms with Crippen LogP contribution in [-0.2, 0) is 10.0 Å². The molecule has 1 saturated heterocycles. The Bertz CT molecular complexity index is 1260. The van der Waals surface area contributed by atoms with E-state index in [1.165, 1.54) is 28.6 Å². The molecule has 9 heteroatoms. The van der Waals surface area contributed by atoms with Crippen molar-refractivity contribution in [3.63, 3.8) is 0 Å². The maximum atomic E-state index is 13.0. The van der Waals surface area contributed by atoms with Crippen LogP contribution in [0.4, 0.5) is 6.01 Å². The van der Waals surface area contributed by atoms with Gasteiger partial charge in [-0.05, 0) is 68.0 Å². The van der Waals surface area contributed by atoms with Gasteiger partial charge in [0, 0.05) is 24.2 Å². The molecule has 174 valence electrons. The molecule has 1 fully saturated rings. The highest BCUT2D eigenvalue weighted by Crippen LogP contribution is 2.27. The van der Waals surface area contributed by atoms with Gasteiger partial charge in [-0.3, -0.25) is 10.1 Å². The summed E-state index contributed by atoms with van der Waals surface area (Å²) in [6, 6.07) is 11.7. The number of carbonyl (C=O) groups excluding carboxylic acids is 1. The standard InChI is InChI=1S/C24H28N4O4S/c1-15-5-10-21(18(4)12-15)23-26-27-24(32-23)25-22(29)19-6-8-20(9-7-19)33(30,31)28-13-16(2)11-17(3)14-28/h5-10,12,16-17H,11,13-14H2,1-4H3,(H,25,27,29)/t16-,17+. The third-order valence-corrected chi connectivity index (χ3v) is 7.69. The van der Waals surface area contributed by atoms with Crippen LogP contribution in [0, 0.1) is 25.7 Å². The summed E-state index contributed by atoms with van der Waals surface area (Å²) in [5.41, 5.74) is 3.20. The van der Waals surface area contributed by atoms with Crippen LogP contribution in [0.3, 0.4) is 0 Å². The summed E-state index contributed by atoms with van der Waals surface area (Å²) in [6.45, 7) is 9.10. The fourth-order valence-electron chi connectivity index (χ4n) is 4.33. The number of piperidine rings is 1. The lowest BCUT2D eigenvalue weighted by Gasteiger charge is -2.34. The third-order valence-electron chi connectivity index (χ3n) is 5.85. The van der Waals surface area contributed by atoms with Crippen LogP contribution in [0.5, 0.6) is 0 Å². The first-order chi connectivity index (χ1) is 15.6. The summed E-state index contributed by atoms with van der Waals surface area (Å²) in [7, 11) is -3.60. The number of nitrogens with zero attached hydrogens (tertiary/aromatic N) is 3. The molecule has 2 heterocycles. The van der Waals surface area contributed by atoms with Crippen molar-refractivity contribution in [2.75, 3.05) is 18.4 Å². The van der Waals surface area contributed by atoms with E-state index < -0.39 is 15.9 Å². The van der Waals surface area contributed by atoms with Crippen LogP contribution in [-0.4, -0.2) is 41.9 Å². The molecule has 1 aliphatic rings. The first kappa shape index (κ1) is 23.1. The van der Waals surface area contributed by atoms with Gasteiger partial charge >= 0.3 is 6.01 Å². The monoisotopic (exact) mass is 468 g/mol. The average Bonchev–Trinajstić information content (AvgIpc) is 3.21. The van der Waals surface area contributed by atoms with Crippen LogP contribution in [0.2, 0.25) is 0 Å². The number of aryl methyl sites for hydroxylation is 2. The van der Waals surface area contributed by atoms with Gasteiger partial charge < -0.3 is 4.42 Å². The number of aromatic nitrogens is 2. The highest BCUT2D eigenvalue weighted by atomic mass is 32.2. The predicted octanol–water partition coefficient (Wildman–Crippen LogP) is 4.27. The van der Waals surface area contributed by atoms with Gasteiger partial charge in [0.2, 0.25) is 15.9 Å². The van der Waals surface area contributed by atoms with Gasteiger partial charge in [0.1, 0.15) is 0 Å². The Labute approximate surface area is 194 Å². The predicted molar refractivity (Wildman–Crippen MR) is 125 cm³/mol. The molecule has 0 saturated carbocycles. The van der Waals surface area contributed by atoms with Gasteiger partial charge in [-0.2, -0.15) is 4.31 Å². The lowest BCUT2D eigenvalue weighted by molar-refractivity contribution is 0.102. The Morgan fingerprint density at radius 1 is 1.03 bits per heavy atom. The van der Waals surface area contributed by atoms with Crippen molar-refractivity contribution in [1.29, 1.82) is 0 Å². The van der Waals surface area contributed by atoms with Crippen molar-refractivity contribution in [3.05, 3.63) is 59.2 Å². The van der Waals surface area contributed by atoms with Crippen molar-refractivity contribution in [1.82, 2.24) is 14.5 Å². The number of nitrogens with one attached hydrogen (secondary N) is 1. The van der Waals surface area contributed by atoms with Crippen LogP contribution in [0.15, 0.2) is 51.8 Å². The Morgan fingerprint density at radius 3 is 2.33 bits per heavy atom. The zero-order valence-electron chi connectivity index (χ0n) is 19.2. The smallest absolute Gasteiger partial charge is 0.322 e. The van der Waals surface area contributed by atoms with Crippen LogP contribution < -0.4 is 5.32 Å². The highest BCUT2D eigenvalue weighted by molar-refractivity contribution is 7.89. The van der Waals surface area contributed by atoms with Crippen LogP contribution in [0.1, 0.15) is 41.8 Å². The summed E-state index contributed by atoms with van der Waals surface area (Å²) >= 11 is 0. The number of hydrogen-bond acceptors (Lipinski definition) is 6. The Hall–Kier alpha value is -3.04. The second-order valence-corrected chi connectivity index (χ2v) is 10.9. The molecule has 0 aliphatic carbocycles. The summed E-state index contributed by atoms with van der Waals surface area (Å²) in [4.78, 5) is 12.8. The fraction of sp³-hybridized carbons (Fsp3) is 0.375. The molecule has 33 heavy (non-hydrogen) atoms. The minimum Gasteiger partial charge on any atom is -0.403 e. The second-order valence-electron chi connectivity index (χ2n) is 8.98. The number of benzene rings is 2. The van der Waals surface area contributed by atoms with E-state index in [-0.39, 0.29) is 10.9 Å². The summed E-state index contributed by atoms with van der Waals surface area (Å²) in [5, 5.41) is 10.5. The normalized spacial score (nSPS) is 19.4. The van der Waals surface area contributed by atoms with Crippen molar-refractivity contribution >= 4 is 21.9 Å². The van der Waals surface area contributed by atoms with Gasteiger partial charge in [-0.1, -0.05) is 36.6 Å². The topological polar surface area (TPSA) is 105 Å². The van der Waals surface area contributed by atoms with Crippen molar-refractivity contribution in [3.8, 4) is 11.5 Å². The first-order valence-corrected chi connectivity index (χ1v) is 12.4. The number of rotatable bonds is 5. The molecule has 0 bridgehead atoms. The largest absolute Gasteiger partial charge is 0.403 e. The number of anilines is 1. The lowest BCUT2D eigenvalue weighted by Crippen LogP contribution is -2.42. The van der Waals surface area contributed by atoms with Crippen molar-refractivity contribution in [2.45, 2.75) is 39.0 Å². The van der Waals surface area contributed by atoms with Gasteiger partial charge in [0.15, 0.2) is 0 Å². The molecule has 1 aromatic heterocycles. The van der Waals surface area contributed by atoms with Crippen LogP contribution in [0.25, 0.3) is 11.5 Å². The van der Waals surface area contributed by atoms with Crippen molar-refractivity contribution < 1.29 is 17.6 Å². The molecule has 0 unspecified atom stereocenters. The van der Waals surface area contributed by atoms with E-state index in [0.717, 1.165) is 23.1 Å². The van der Waals surface area contributed by atoms with Gasteiger partial charge in [-0.25, -0.2) is 8.42 Å². The summed E-state index contributed by atoms with van der Waals surface area (Å²) in [5.74, 6) is 0.484. The van der Waals surface area contributed by atoms with Crippen LogP contribution >= 0.6 is 0 Å². The number of hydrogen-bond donors (Lipinski definition) is 1. The lowest BCUT2D eigenvalue weighted by atomic mass is 9.94. The van der Waals surface area contributed by atoms with E-state index in [9.17, 15) is 13.2 Å². The molecule has 1 amide bonds. The highest BCUT2D eigenvalue weighted by Gasteiger charge is 2.31. The maximum Gasteiger partial charge on any atom is 0.322 e. The first-order valence-electron chi connectivity index (χ1n) is 11.0. The zero-order chi connectivity index (χ0) is 23.8. The van der Waals surface area contributed by atoms with E-state index in [1.807, 2.05) is 32.0 Å². The molecular formula is C24H28N4O4S. The molecule has 8 nitrogen and oxygen atoms in total. The second kappa shape index (κ2) is 9.07. The molecule has 2 aromatic carbocycles. The van der Waals surface area contributed by atoms with Gasteiger partial charge in [-0.15, -0.1) is 5.10 Å². The molecule has 0 spiro atoms. The zero-order valence-corrected chi connectivity index (χ0v) is 20.0. The molecular weight excluding hydrogens is 440 g/mol. The molecule has 0 radical (unpaired) electrons. The fourth-order valence-corrected chi connectivity index (χ4v) is 6.01. The van der Waals surface area contributed by atoms with Crippen molar-refractivity contribution in [2.24, 2.45) is 11.8 Å². The van der Waals surface area contributed by atoms with Gasteiger partial charge in [0.25, 0.3) is 5.91 Å². The minimum atomic E-state index is -3.60. The molecule has 1 N–H and O–H groups in total. The summed E-state index contributed by atoms with van der Waals surface area (Å²) in [6.07, 6.45) is 1.02. The van der Waals surface area contributed by atoms with Gasteiger partial charge in [0.05, 0.1) is 4.90 Å². The van der Waals surface area contributed by atoms with E-state index in [2.05, 4.69) is 29.4 Å². The molecule has 2 atom stereocenters. The Kier molecular flexibility index (Phi) is 6.36. The SMILES string of the molecule is Cc1ccc(-c2nnc(NC(=O)c3ccc(S(=O)(=O)N4C[C@H](C)C[C@H](C)C4)cc3)o2)c(C)c1. The number of carbonyl (C=O) groups is 1. The van der Waals surface area contributed by atoms with E-state index >= 15 is 0 Å². The van der Waals surface area contributed by atoms with E-state index in [1.54, 1.807) is 0 Å². The summed E-state index contributed by atoms with van der Waals surface area (Å²) < 4.78 is 33.2. The molecule has 4 rings (SSSR count). The quantitative estimate of drug-likeness (QED) is 0.599. The van der Waals surface area contributed by atoms with E-state index in [4.69, 9.17) is 4.42 Å². The maximum absolute atomic E-state index is 13.0. The average molecular weight is 469 g/mol. The Morgan fingerprint density at radius 2 is 1.70 bits per heavy atom. The third kappa shape index (κ3) is 4.99. The molecule has 1 aliphatic heterocycles.